The average Bonchev–Trinajstić information content (AvgIpc) is 3.68. The van der Waals surface area contributed by atoms with Gasteiger partial charge in [0.25, 0.3) is 0 Å². The number of furan rings is 1. The number of nitrogens with zero attached hydrogens (tertiary/aromatic N) is 2. The highest BCUT2D eigenvalue weighted by Crippen LogP contribution is 2.47. The van der Waals surface area contributed by atoms with Crippen molar-refractivity contribution in [2.75, 3.05) is 4.90 Å². The highest BCUT2D eigenvalue weighted by molar-refractivity contribution is 6.21. The van der Waals surface area contributed by atoms with Gasteiger partial charge >= 0.3 is 0 Å². The molecule has 3 heteroatoms. The minimum Gasteiger partial charge on any atom is -0.454 e. The van der Waals surface area contributed by atoms with Crippen LogP contribution in [-0.2, 0) is 0 Å². The van der Waals surface area contributed by atoms with Gasteiger partial charge < -0.3 is 13.9 Å². The molecule has 10 aromatic rings. The van der Waals surface area contributed by atoms with Crippen LogP contribution in [0.4, 0.5) is 17.1 Å². The molecule has 0 unspecified atom stereocenters. The molecule has 0 aliphatic rings. The van der Waals surface area contributed by atoms with Crippen molar-refractivity contribution in [1.82, 2.24) is 4.57 Å². The summed E-state index contributed by atoms with van der Waals surface area (Å²) in [5.74, 6) is 0. The Morgan fingerprint density at radius 2 is 1.09 bits per heavy atom. The molecule has 0 aliphatic carbocycles. The summed E-state index contributed by atoms with van der Waals surface area (Å²) in [6.07, 6.45) is 0. The first-order valence-corrected chi connectivity index (χ1v) is 16.0. The van der Waals surface area contributed by atoms with Crippen LogP contribution in [0.1, 0.15) is 0 Å². The fourth-order valence-corrected chi connectivity index (χ4v) is 7.46. The van der Waals surface area contributed by atoms with Crippen LogP contribution in [-0.4, -0.2) is 4.57 Å². The standard InChI is InChI=1S/C44H28N2O/c1-3-15-31(16-4-1)45(43-35-20-10-8-14-30(35)27-39-37-21-11-12-22-41(37)47-44(39)43)33-24-26-36-38-25-23-29-13-7-9-19-34(29)42(38)46(40(36)28-33)32-17-5-2-6-18-32/h1-28H. The highest BCUT2D eigenvalue weighted by atomic mass is 16.3. The van der Waals surface area contributed by atoms with Crippen molar-refractivity contribution < 1.29 is 4.42 Å². The van der Waals surface area contributed by atoms with E-state index >= 15 is 0 Å². The van der Waals surface area contributed by atoms with E-state index in [4.69, 9.17) is 4.42 Å². The predicted octanol–water partition coefficient (Wildman–Crippen LogP) is 12.5. The molecular formula is C44H28N2O. The quantitative estimate of drug-likeness (QED) is 0.200. The molecule has 0 radical (unpaired) electrons. The van der Waals surface area contributed by atoms with Crippen LogP contribution < -0.4 is 4.90 Å². The van der Waals surface area contributed by atoms with E-state index in [1.807, 2.05) is 6.07 Å². The summed E-state index contributed by atoms with van der Waals surface area (Å²) in [5.41, 5.74) is 8.44. The van der Waals surface area contributed by atoms with E-state index < -0.39 is 0 Å². The van der Waals surface area contributed by atoms with Gasteiger partial charge in [-0.15, -0.1) is 0 Å². The van der Waals surface area contributed by atoms with Crippen LogP contribution in [0.3, 0.4) is 0 Å². The van der Waals surface area contributed by atoms with Crippen LogP contribution in [0.25, 0.3) is 71.0 Å². The van der Waals surface area contributed by atoms with Gasteiger partial charge in [0.1, 0.15) is 5.58 Å². The molecule has 0 saturated carbocycles. The average molecular weight is 601 g/mol. The fraction of sp³-hybridized carbons (Fsp3) is 0. The van der Waals surface area contributed by atoms with Crippen LogP contribution in [0.2, 0.25) is 0 Å². The maximum atomic E-state index is 6.75. The van der Waals surface area contributed by atoms with Gasteiger partial charge in [0.2, 0.25) is 0 Å². The molecule has 220 valence electrons. The van der Waals surface area contributed by atoms with E-state index in [-0.39, 0.29) is 0 Å². The van der Waals surface area contributed by atoms with Crippen molar-refractivity contribution >= 4 is 82.4 Å². The van der Waals surface area contributed by atoms with E-state index in [0.717, 1.165) is 55.6 Å². The smallest absolute Gasteiger partial charge is 0.160 e. The largest absolute Gasteiger partial charge is 0.454 e. The van der Waals surface area contributed by atoms with E-state index in [0.29, 0.717) is 0 Å². The van der Waals surface area contributed by atoms with Crippen molar-refractivity contribution in [3.05, 3.63) is 170 Å². The molecule has 0 fully saturated rings. The zero-order chi connectivity index (χ0) is 30.9. The van der Waals surface area contributed by atoms with Gasteiger partial charge in [-0.05, 0) is 59.3 Å². The molecule has 3 nitrogen and oxygen atoms in total. The van der Waals surface area contributed by atoms with Crippen LogP contribution >= 0.6 is 0 Å². The summed E-state index contributed by atoms with van der Waals surface area (Å²) in [4.78, 5) is 2.37. The zero-order valence-electron chi connectivity index (χ0n) is 25.5. The predicted molar refractivity (Wildman–Crippen MR) is 198 cm³/mol. The Kier molecular flexibility index (Phi) is 5.57. The minimum absolute atomic E-state index is 0.878. The minimum atomic E-state index is 0.878. The Bertz CT molecular complexity index is 2790. The van der Waals surface area contributed by atoms with E-state index in [9.17, 15) is 0 Å². The van der Waals surface area contributed by atoms with Crippen molar-refractivity contribution in [2.24, 2.45) is 0 Å². The van der Waals surface area contributed by atoms with E-state index in [1.165, 1.54) is 32.4 Å². The number of fused-ring (bicyclic) bond motifs is 9. The van der Waals surface area contributed by atoms with Crippen molar-refractivity contribution in [2.45, 2.75) is 0 Å². The number of hydrogen-bond acceptors (Lipinski definition) is 2. The third kappa shape index (κ3) is 3.87. The van der Waals surface area contributed by atoms with Gasteiger partial charge in [-0.3, -0.25) is 0 Å². The van der Waals surface area contributed by atoms with E-state index in [1.54, 1.807) is 0 Å². The third-order valence-corrected chi connectivity index (χ3v) is 9.51. The van der Waals surface area contributed by atoms with Gasteiger partial charge in [0, 0.05) is 49.4 Å². The Morgan fingerprint density at radius 3 is 1.91 bits per heavy atom. The third-order valence-electron chi connectivity index (χ3n) is 9.51. The molecule has 0 aliphatic heterocycles. The maximum Gasteiger partial charge on any atom is 0.160 e. The van der Waals surface area contributed by atoms with Gasteiger partial charge in [-0.25, -0.2) is 0 Å². The summed E-state index contributed by atoms with van der Waals surface area (Å²) in [7, 11) is 0. The Hall–Kier alpha value is -6.32. The fourth-order valence-electron chi connectivity index (χ4n) is 7.46. The number of rotatable bonds is 4. The van der Waals surface area contributed by atoms with Crippen LogP contribution in [0, 0.1) is 0 Å². The molecule has 0 atom stereocenters. The van der Waals surface area contributed by atoms with Gasteiger partial charge in [-0.2, -0.15) is 0 Å². The normalized spacial score (nSPS) is 11.8. The molecule has 2 aromatic heterocycles. The number of anilines is 3. The number of aromatic nitrogens is 1. The lowest BCUT2D eigenvalue weighted by Crippen LogP contribution is -2.11. The lowest BCUT2D eigenvalue weighted by Gasteiger charge is -2.27. The lowest BCUT2D eigenvalue weighted by molar-refractivity contribution is 0.669. The Labute approximate surface area is 271 Å². The summed E-state index contributed by atoms with van der Waals surface area (Å²) in [5, 5.41) is 9.48. The van der Waals surface area contributed by atoms with Crippen LogP contribution in [0.15, 0.2) is 174 Å². The monoisotopic (exact) mass is 600 g/mol. The zero-order valence-corrected chi connectivity index (χ0v) is 25.5. The maximum absolute atomic E-state index is 6.75. The van der Waals surface area contributed by atoms with Crippen molar-refractivity contribution in [3.63, 3.8) is 0 Å². The number of hydrogen-bond donors (Lipinski definition) is 0. The number of para-hydroxylation sites is 3. The molecule has 0 N–H and O–H groups in total. The summed E-state index contributed by atoms with van der Waals surface area (Å²) in [6.45, 7) is 0. The molecule has 0 bridgehead atoms. The summed E-state index contributed by atoms with van der Waals surface area (Å²) >= 11 is 0. The molecule has 10 rings (SSSR count). The SMILES string of the molecule is c1ccc(N(c2ccc3c4ccc5ccccc5c4n(-c4ccccc4)c3c2)c2c3ccccc3cc3c2oc2ccccc23)cc1. The second kappa shape index (κ2) is 10.1. The lowest BCUT2D eigenvalue weighted by atomic mass is 10.0. The summed E-state index contributed by atoms with van der Waals surface area (Å²) < 4.78 is 9.18. The molecule has 47 heavy (non-hydrogen) atoms. The topological polar surface area (TPSA) is 21.3 Å². The van der Waals surface area contributed by atoms with Gasteiger partial charge in [-0.1, -0.05) is 121 Å². The first-order valence-electron chi connectivity index (χ1n) is 16.0. The molecular weight excluding hydrogens is 572 g/mol. The van der Waals surface area contributed by atoms with Gasteiger partial charge in [0.05, 0.1) is 16.7 Å². The first-order chi connectivity index (χ1) is 23.3. The first kappa shape index (κ1) is 26.0. The van der Waals surface area contributed by atoms with E-state index in [2.05, 4.69) is 173 Å². The molecule has 8 aromatic carbocycles. The second-order valence-electron chi connectivity index (χ2n) is 12.1. The second-order valence-corrected chi connectivity index (χ2v) is 12.1. The van der Waals surface area contributed by atoms with Gasteiger partial charge in [0.15, 0.2) is 5.58 Å². The Balaban J connectivity index is 1.35. The molecule has 0 spiro atoms. The van der Waals surface area contributed by atoms with Crippen molar-refractivity contribution in [3.8, 4) is 5.69 Å². The molecule has 0 saturated heterocycles. The van der Waals surface area contributed by atoms with Crippen molar-refractivity contribution in [1.29, 1.82) is 0 Å². The molecule has 2 heterocycles. The summed E-state index contributed by atoms with van der Waals surface area (Å²) in [6, 6.07) is 60.7. The van der Waals surface area contributed by atoms with Crippen LogP contribution in [0.5, 0.6) is 0 Å². The highest BCUT2D eigenvalue weighted by Gasteiger charge is 2.24. The molecule has 0 amide bonds. The Morgan fingerprint density at radius 1 is 0.426 bits per heavy atom. The number of benzene rings is 8.